The maximum Gasteiger partial charge on any atom is 0.119 e. The molecule has 2 atom stereocenters. The lowest BCUT2D eigenvalue weighted by Crippen LogP contribution is -2.45. The van der Waals surface area contributed by atoms with Gasteiger partial charge in [-0.3, -0.25) is 9.97 Å². The summed E-state index contributed by atoms with van der Waals surface area (Å²) in [6.45, 7) is 3.17. The Bertz CT molecular complexity index is 460. The lowest BCUT2D eigenvalue weighted by molar-refractivity contribution is -0.143. The highest BCUT2D eigenvalue weighted by atomic mass is 16.4. The van der Waals surface area contributed by atoms with E-state index in [0.29, 0.717) is 11.1 Å². The van der Waals surface area contributed by atoms with Crippen LogP contribution < -0.4 is 0 Å². The average molecular weight is 244 g/mol. The Hall–Kier alpha value is -1.78. The molecule has 0 saturated heterocycles. The molecule has 94 valence electrons. The zero-order chi connectivity index (χ0) is 13.2. The molecule has 4 nitrogen and oxygen atoms in total. The minimum atomic E-state index is -1.42. The molecule has 0 bridgehead atoms. The first kappa shape index (κ1) is 12.7. The summed E-state index contributed by atoms with van der Waals surface area (Å²) in [5.74, 6) is 0. The second-order valence-electron chi connectivity index (χ2n) is 4.62. The highest BCUT2D eigenvalue weighted by molar-refractivity contribution is 5.30. The third-order valence-corrected chi connectivity index (χ3v) is 3.43. The van der Waals surface area contributed by atoms with Crippen molar-refractivity contribution in [1.82, 2.24) is 9.97 Å². The molecule has 0 aliphatic heterocycles. The molecule has 18 heavy (non-hydrogen) atoms. The average Bonchev–Trinajstić information content (AvgIpc) is 2.40. The van der Waals surface area contributed by atoms with Gasteiger partial charge in [-0.05, 0) is 49.2 Å². The van der Waals surface area contributed by atoms with E-state index in [0.717, 1.165) is 0 Å². The van der Waals surface area contributed by atoms with Crippen molar-refractivity contribution in [2.45, 2.75) is 25.0 Å². The van der Waals surface area contributed by atoms with Crippen LogP contribution in [-0.2, 0) is 11.2 Å². The monoisotopic (exact) mass is 244 g/mol. The van der Waals surface area contributed by atoms with Crippen LogP contribution in [0.2, 0.25) is 0 Å². The van der Waals surface area contributed by atoms with E-state index in [9.17, 15) is 10.2 Å². The van der Waals surface area contributed by atoms with Gasteiger partial charge in [0.1, 0.15) is 11.2 Å². The van der Waals surface area contributed by atoms with Gasteiger partial charge in [-0.2, -0.15) is 0 Å². The number of hydrogen-bond donors (Lipinski definition) is 2. The Kier molecular flexibility index (Phi) is 3.15. The highest BCUT2D eigenvalue weighted by Gasteiger charge is 2.44. The molecule has 0 amide bonds. The molecular weight excluding hydrogens is 228 g/mol. The van der Waals surface area contributed by atoms with Crippen molar-refractivity contribution in [3.05, 3.63) is 60.2 Å². The molecule has 0 aliphatic carbocycles. The molecule has 0 unspecified atom stereocenters. The molecule has 0 saturated carbocycles. The van der Waals surface area contributed by atoms with Crippen molar-refractivity contribution >= 4 is 0 Å². The number of nitrogens with zero attached hydrogens (tertiary/aromatic N) is 2. The van der Waals surface area contributed by atoms with Crippen LogP contribution in [0, 0.1) is 0 Å². The molecule has 0 radical (unpaired) electrons. The molecule has 2 rings (SSSR count). The van der Waals surface area contributed by atoms with Crippen molar-refractivity contribution in [2.75, 3.05) is 0 Å². The standard InChI is InChI=1S/C14H16N2O2/c1-13(17,11-3-7-15-8-4-11)14(2,18)12-5-9-16-10-6-12/h3-10,17-18H,1-2H3/t13-,14-/m0/s1. The summed E-state index contributed by atoms with van der Waals surface area (Å²) < 4.78 is 0. The number of pyridine rings is 2. The molecule has 4 heteroatoms. The summed E-state index contributed by atoms with van der Waals surface area (Å²) in [5.41, 5.74) is -1.62. The normalized spacial score (nSPS) is 17.8. The van der Waals surface area contributed by atoms with Crippen LogP contribution in [0.3, 0.4) is 0 Å². The van der Waals surface area contributed by atoms with E-state index >= 15 is 0 Å². The van der Waals surface area contributed by atoms with Gasteiger partial charge in [0.2, 0.25) is 0 Å². The van der Waals surface area contributed by atoms with Crippen molar-refractivity contribution in [3.63, 3.8) is 0 Å². The van der Waals surface area contributed by atoms with E-state index in [2.05, 4.69) is 9.97 Å². The van der Waals surface area contributed by atoms with Crippen LogP contribution >= 0.6 is 0 Å². The Morgan fingerprint density at radius 2 is 1.00 bits per heavy atom. The van der Waals surface area contributed by atoms with Gasteiger partial charge in [-0.15, -0.1) is 0 Å². The molecule has 0 aliphatic rings. The molecule has 2 heterocycles. The largest absolute Gasteiger partial charge is 0.382 e. The van der Waals surface area contributed by atoms with Crippen LogP contribution in [0.1, 0.15) is 25.0 Å². The van der Waals surface area contributed by atoms with Crippen LogP contribution in [0.5, 0.6) is 0 Å². The fraction of sp³-hybridized carbons (Fsp3) is 0.286. The van der Waals surface area contributed by atoms with Crippen molar-refractivity contribution < 1.29 is 10.2 Å². The van der Waals surface area contributed by atoms with E-state index < -0.39 is 11.2 Å². The number of hydrogen-bond acceptors (Lipinski definition) is 4. The molecule has 2 aromatic heterocycles. The fourth-order valence-electron chi connectivity index (χ4n) is 1.92. The number of aromatic nitrogens is 2. The summed E-state index contributed by atoms with van der Waals surface area (Å²) in [7, 11) is 0. The second kappa shape index (κ2) is 4.48. The summed E-state index contributed by atoms with van der Waals surface area (Å²) in [6, 6.07) is 6.76. The van der Waals surface area contributed by atoms with Gasteiger partial charge in [-0.25, -0.2) is 0 Å². The zero-order valence-corrected chi connectivity index (χ0v) is 10.4. The van der Waals surface area contributed by atoms with E-state index in [1.807, 2.05) is 0 Å². The van der Waals surface area contributed by atoms with Gasteiger partial charge < -0.3 is 10.2 Å². The molecule has 2 N–H and O–H groups in total. The first-order valence-electron chi connectivity index (χ1n) is 5.72. The van der Waals surface area contributed by atoms with Gasteiger partial charge in [0.15, 0.2) is 0 Å². The van der Waals surface area contributed by atoms with Crippen LogP contribution in [0.25, 0.3) is 0 Å². The van der Waals surface area contributed by atoms with Gasteiger partial charge >= 0.3 is 0 Å². The summed E-state index contributed by atoms with van der Waals surface area (Å²) in [5, 5.41) is 21.3. The Morgan fingerprint density at radius 3 is 1.28 bits per heavy atom. The number of aliphatic hydroxyl groups is 2. The Labute approximate surface area is 106 Å². The predicted octanol–water partition coefficient (Wildman–Crippen LogP) is 1.59. The van der Waals surface area contributed by atoms with Crippen LogP contribution in [0.4, 0.5) is 0 Å². The van der Waals surface area contributed by atoms with E-state index in [4.69, 9.17) is 0 Å². The van der Waals surface area contributed by atoms with Crippen LogP contribution in [0.15, 0.2) is 49.1 Å². The van der Waals surface area contributed by atoms with Gasteiger partial charge in [0.25, 0.3) is 0 Å². The minimum Gasteiger partial charge on any atom is -0.382 e. The van der Waals surface area contributed by atoms with Gasteiger partial charge in [-0.1, -0.05) is 0 Å². The Morgan fingerprint density at radius 1 is 0.722 bits per heavy atom. The van der Waals surface area contributed by atoms with Crippen molar-refractivity contribution in [2.24, 2.45) is 0 Å². The molecule has 0 spiro atoms. The first-order valence-corrected chi connectivity index (χ1v) is 5.72. The summed E-state index contributed by atoms with van der Waals surface area (Å²) >= 11 is 0. The lowest BCUT2D eigenvalue weighted by Gasteiger charge is -2.39. The Balaban J connectivity index is 2.47. The predicted molar refractivity (Wildman–Crippen MR) is 67.6 cm³/mol. The smallest absolute Gasteiger partial charge is 0.119 e. The maximum absolute atomic E-state index is 10.7. The summed E-state index contributed by atoms with van der Waals surface area (Å²) in [6.07, 6.45) is 6.36. The summed E-state index contributed by atoms with van der Waals surface area (Å²) in [4.78, 5) is 7.82. The maximum atomic E-state index is 10.7. The van der Waals surface area contributed by atoms with Gasteiger partial charge in [0.05, 0.1) is 0 Å². The molecular formula is C14H16N2O2. The zero-order valence-electron chi connectivity index (χ0n) is 10.4. The highest BCUT2D eigenvalue weighted by Crippen LogP contribution is 2.39. The van der Waals surface area contributed by atoms with E-state index in [1.165, 1.54) is 0 Å². The topological polar surface area (TPSA) is 66.2 Å². The minimum absolute atomic E-state index is 0.610. The quantitative estimate of drug-likeness (QED) is 0.860. The second-order valence-corrected chi connectivity index (χ2v) is 4.62. The van der Waals surface area contributed by atoms with E-state index in [-0.39, 0.29) is 0 Å². The van der Waals surface area contributed by atoms with Gasteiger partial charge in [0, 0.05) is 24.8 Å². The molecule has 2 aromatic rings. The third-order valence-electron chi connectivity index (χ3n) is 3.43. The fourth-order valence-corrected chi connectivity index (χ4v) is 1.92. The number of rotatable bonds is 3. The molecule has 0 aromatic carbocycles. The molecule has 0 fully saturated rings. The SMILES string of the molecule is C[C@](O)(c1ccncc1)[C@@](C)(O)c1ccncc1. The van der Waals surface area contributed by atoms with Crippen molar-refractivity contribution in [3.8, 4) is 0 Å². The van der Waals surface area contributed by atoms with E-state index in [1.54, 1.807) is 62.9 Å². The third kappa shape index (κ3) is 2.00. The van der Waals surface area contributed by atoms with Crippen molar-refractivity contribution in [1.29, 1.82) is 0 Å². The van der Waals surface area contributed by atoms with Crippen LogP contribution in [-0.4, -0.2) is 20.2 Å². The first-order chi connectivity index (χ1) is 8.46. The lowest BCUT2D eigenvalue weighted by atomic mass is 9.76.